The number of piperazine rings is 1. The number of carbonyl (C=O) groups is 1. The minimum Gasteiger partial charge on any atom is -0.496 e. The summed E-state index contributed by atoms with van der Waals surface area (Å²) in [6.45, 7) is 7.09. The molecule has 0 bridgehead atoms. The smallest absolute Gasteiger partial charge is 0.236 e. The number of carbonyl (C=O) groups excluding carboxylic acids is 1. The molecule has 1 N–H and O–H groups in total. The Hall–Kier alpha value is -1.55. The molecule has 1 heterocycles. The number of hydrogen-bond donors (Lipinski definition) is 1. The molecule has 0 spiro atoms. The predicted molar refractivity (Wildman–Crippen MR) is 75.4 cm³/mol. The van der Waals surface area contributed by atoms with E-state index >= 15 is 0 Å². The number of amides is 1. The van der Waals surface area contributed by atoms with Gasteiger partial charge in [-0.25, -0.2) is 0 Å². The molecule has 0 aliphatic carbocycles. The number of rotatable bonds is 4. The van der Waals surface area contributed by atoms with Crippen LogP contribution in [0.1, 0.15) is 30.9 Å². The molecule has 0 aromatic heterocycles. The molecule has 0 radical (unpaired) electrons. The van der Waals surface area contributed by atoms with E-state index in [-0.39, 0.29) is 5.91 Å². The van der Waals surface area contributed by atoms with Crippen molar-refractivity contribution in [3.8, 4) is 5.75 Å². The van der Waals surface area contributed by atoms with Crippen LogP contribution in [0.15, 0.2) is 18.2 Å². The summed E-state index contributed by atoms with van der Waals surface area (Å²) in [7, 11) is 1.70. The van der Waals surface area contributed by atoms with Crippen LogP contribution in [0.25, 0.3) is 0 Å². The van der Waals surface area contributed by atoms with Crippen LogP contribution in [0.2, 0.25) is 0 Å². The van der Waals surface area contributed by atoms with E-state index in [4.69, 9.17) is 4.74 Å². The van der Waals surface area contributed by atoms with Gasteiger partial charge >= 0.3 is 0 Å². The van der Waals surface area contributed by atoms with E-state index in [1.165, 1.54) is 11.1 Å². The summed E-state index contributed by atoms with van der Waals surface area (Å²) in [6, 6.07) is 6.19. The lowest BCUT2D eigenvalue weighted by Crippen LogP contribution is -2.47. The normalized spacial score (nSPS) is 16.0. The quantitative estimate of drug-likeness (QED) is 0.899. The van der Waals surface area contributed by atoms with Gasteiger partial charge < -0.3 is 15.0 Å². The fourth-order valence-electron chi connectivity index (χ4n) is 2.37. The Balaban J connectivity index is 2.16. The molecular formula is C15H22N2O2. The van der Waals surface area contributed by atoms with Gasteiger partial charge in [-0.05, 0) is 23.1 Å². The maximum absolute atomic E-state index is 11.8. The second-order valence-electron chi connectivity index (χ2n) is 5.22. The number of hydrogen-bond acceptors (Lipinski definition) is 3. The number of benzene rings is 1. The number of ether oxygens (including phenoxy) is 1. The van der Waals surface area contributed by atoms with E-state index in [2.05, 4.69) is 25.2 Å². The highest BCUT2D eigenvalue weighted by molar-refractivity contribution is 5.79. The van der Waals surface area contributed by atoms with Crippen molar-refractivity contribution in [3.05, 3.63) is 29.3 Å². The molecule has 1 amide bonds. The minimum atomic E-state index is 0.174. The van der Waals surface area contributed by atoms with E-state index in [9.17, 15) is 4.79 Å². The van der Waals surface area contributed by atoms with Crippen LogP contribution in [0.3, 0.4) is 0 Å². The molecule has 0 saturated carbocycles. The average Bonchev–Trinajstić information content (AvgIpc) is 2.41. The summed E-state index contributed by atoms with van der Waals surface area (Å²) >= 11 is 0. The number of nitrogens with one attached hydrogen (secondary N) is 1. The van der Waals surface area contributed by atoms with Crippen LogP contribution in [0.4, 0.5) is 0 Å². The Kier molecular flexibility index (Phi) is 4.43. The first-order valence-electron chi connectivity index (χ1n) is 6.77. The van der Waals surface area contributed by atoms with Crippen molar-refractivity contribution in [3.63, 3.8) is 0 Å². The van der Waals surface area contributed by atoms with Gasteiger partial charge in [0, 0.05) is 19.6 Å². The van der Waals surface area contributed by atoms with Gasteiger partial charge in [0.15, 0.2) is 0 Å². The standard InChI is InChI=1S/C15H22N2O2/c1-11(2)13-8-12(4-5-14(13)19-3)10-17-7-6-16-9-15(17)18/h4-5,8,11,16H,6-7,9-10H2,1-3H3. The number of methoxy groups -OCH3 is 1. The lowest BCUT2D eigenvalue weighted by molar-refractivity contribution is -0.132. The molecule has 2 rings (SSSR count). The maximum atomic E-state index is 11.8. The van der Waals surface area contributed by atoms with E-state index in [1.54, 1.807) is 7.11 Å². The monoisotopic (exact) mass is 262 g/mol. The molecule has 4 nitrogen and oxygen atoms in total. The fourth-order valence-corrected chi connectivity index (χ4v) is 2.37. The zero-order valence-corrected chi connectivity index (χ0v) is 11.9. The maximum Gasteiger partial charge on any atom is 0.236 e. The second-order valence-corrected chi connectivity index (χ2v) is 5.22. The summed E-state index contributed by atoms with van der Waals surface area (Å²) < 4.78 is 5.38. The summed E-state index contributed by atoms with van der Waals surface area (Å²) in [4.78, 5) is 13.7. The summed E-state index contributed by atoms with van der Waals surface area (Å²) in [5.41, 5.74) is 2.36. The SMILES string of the molecule is COc1ccc(CN2CCNCC2=O)cc1C(C)C. The average molecular weight is 262 g/mol. The highest BCUT2D eigenvalue weighted by atomic mass is 16.5. The lowest BCUT2D eigenvalue weighted by atomic mass is 9.99. The highest BCUT2D eigenvalue weighted by Crippen LogP contribution is 2.27. The first-order chi connectivity index (χ1) is 9.11. The third-order valence-electron chi connectivity index (χ3n) is 3.48. The molecule has 1 aromatic rings. The second kappa shape index (κ2) is 6.06. The zero-order valence-electron chi connectivity index (χ0n) is 11.9. The largest absolute Gasteiger partial charge is 0.496 e. The van der Waals surface area contributed by atoms with Crippen LogP contribution in [-0.2, 0) is 11.3 Å². The van der Waals surface area contributed by atoms with Crippen LogP contribution < -0.4 is 10.1 Å². The van der Waals surface area contributed by atoms with Gasteiger partial charge in [-0.3, -0.25) is 4.79 Å². The van der Waals surface area contributed by atoms with E-state index < -0.39 is 0 Å². The van der Waals surface area contributed by atoms with E-state index in [0.717, 1.165) is 18.8 Å². The Morgan fingerprint density at radius 3 is 2.84 bits per heavy atom. The van der Waals surface area contributed by atoms with Crippen molar-refractivity contribution in [2.24, 2.45) is 0 Å². The molecule has 1 aliphatic rings. The zero-order chi connectivity index (χ0) is 13.8. The summed E-state index contributed by atoms with van der Waals surface area (Å²) in [6.07, 6.45) is 0. The molecule has 19 heavy (non-hydrogen) atoms. The molecule has 1 fully saturated rings. The third kappa shape index (κ3) is 3.26. The molecule has 1 saturated heterocycles. The van der Waals surface area contributed by atoms with Crippen LogP contribution >= 0.6 is 0 Å². The Morgan fingerprint density at radius 2 is 2.21 bits per heavy atom. The van der Waals surface area contributed by atoms with Crippen molar-refractivity contribution >= 4 is 5.91 Å². The molecule has 1 aromatic carbocycles. The Labute approximate surface area is 114 Å². The minimum absolute atomic E-state index is 0.174. The topological polar surface area (TPSA) is 41.6 Å². The van der Waals surface area contributed by atoms with Crippen molar-refractivity contribution in [1.82, 2.24) is 10.2 Å². The molecule has 4 heteroatoms. The number of nitrogens with zero attached hydrogens (tertiary/aromatic N) is 1. The van der Waals surface area contributed by atoms with E-state index in [0.29, 0.717) is 19.0 Å². The third-order valence-corrected chi connectivity index (χ3v) is 3.48. The van der Waals surface area contributed by atoms with Gasteiger partial charge in [0.2, 0.25) is 5.91 Å². The van der Waals surface area contributed by atoms with Crippen LogP contribution in [0.5, 0.6) is 5.75 Å². The van der Waals surface area contributed by atoms with Gasteiger partial charge in [0.1, 0.15) is 5.75 Å². The van der Waals surface area contributed by atoms with Crippen molar-refractivity contribution < 1.29 is 9.53 Å². The van der Waals surface area contributed by atoms with Crippen LogP contribution in [-0.4, -0.2) is 37.6 Å². The Bertz CT molecular complexity index is 457. The van der Waals surface area contributed by atoms with Gasteiger partial charge in [0.05, 0.1) is 13.7 Å². The van der Waals surface area contributed by atoms with Crippen molar-refractivity contribution in [2.45, 2.75) is 26.3 Å². The molecule has 104 valence electrons. The Morgan fingerprint density at radius 1 is 1.42 bits per heavy atom. The van der Waals surface area contributed by atoms with Crippen LogP contribution in [0, 0.1) is 0 Å². The fraction of sp³-hybridized carbons (Fsp3) is 0.533. The highest BCUT2D eigenvalue weighted by Gasteiger charge is 2.18. The lowest BCUT2D eigenvalue weighted by Gasteiger charge is -2.27. The first kappa shape index (κ1) is 13.9. The molecule has 1 aliphatic heterocycles. The molecule has 0 atom stereocenters. The van der Waals surface area contributed by atoms with Crippen molar-refractivity contribution in [2.75, 3.05) is 26.7 Å². The van der Waals surface area contributed by atoms with Gasteiger partial charge in [-0.15, -0.1) is 0 Å². The van der Waals surface area contributed by atoms with E-state index in [1.807, 2.05) is 17.0 Å². The van der Waals surface area contributed by atoms with Gasteiger partial charge in [-0.1, -0.05) is 26.0 Å². The summed E-state index contributed by atoms with van der Waals surface area (Å²) in [5.74, 6) is 1.51. The van der Waals surface area contributed by atoms with Gasteiger partial charge in [-0.2, -0.15) is 0 Å². The molecular weight excluding hydrogens is 240 g/mol. The summed E-state index contributed by atoms with van der Waals surface area (Å²) in [5, 5.41) is 3.09. The molecule has 0 unspecified atom stereocenters. The van der Waals surface area contributed by atoms with Crippen molar-refractivity contribution in [1.29, 1.82) is 0 Å². The van der Waals surface area contributed by atoms with Gasteiger partial charge in [0.25, 0.3) is 0 Å². The first-order valence-corrected chi connectivity index (χ1v) is 6.77. The predicted octanol–water partition coefficient (Wildman–Crippen LogP) is 1.75.